The number of carboxylic acid groups (broad SMARTS) is 2. The van der Waals surface area contributed by atoms with Crippen molar-refractivity contribution in [1.29, 1.82) is 0 Å². The number of carboxylic acids is 2. The third-order valence-corrected chi connectivity index (χ3v) is 11.0. The Kier molecular flexibility index (Phi) is 16.6. The van der Waals surface area contributed by atoms with Crippen molar-refractivity contribution in [2.45, 2.75) is 75.5 Å². The maximum Gasteiger partial charge on any atom is 2.00 e. The molecule has 0 amide bonds. The number of carbonyl (C=O) groups excluding carboxylic acids is 2. The van der Waals surface area contributed by atoms with E-state index in [0.29, 0.717) is 33.9 Å². The summed E-state index contributed by atoms with van der Waals surface area (Å²) in [5.74, 6) is -2.39. The Hall–Kier alpha value is -4.63. The molecular formula is C50H56MgN2O8S2. The normalized spacial score (nSPS) is 14.6. The summed E-state index contributed by atoms with van der Waals surface area (Å²) in [6.07, 6.45) is 1.94. The van der Waals surface area contributed by atoms with Crippen molar-refractivity contribution in [3.63, 3.8) is 0 Å². The molecule has 0 saturated carbocycles. The smallest absolute Gasteiger partial charge is 0.547 e. The minimum absolute atomic E-state index is 0. The van der Waals surface area contributed by atoms with Crippen LogP contribution in [-0.2, 0) is 44.9 Å². The summed E-state index contributed by atoms with van der Waals surface area (Å²) in [6.45, 7) is -3.28. The van der Waals surface area contributed by atoms with Crippen molar-refractivity contribution in [2.24, 2.45) is 0 Å². The minimum atomic E-state index is -2.73. The van der Waals surface area contributed by atoms with Gasteiger partial charge in [0.05, 0.1) is 35.9 Å². The second-order valence-corrected chi connectivity index (χ2v) is 15.5. The van der Waals surface area contributed by atoms with Crippen LogP contribution in [0.5, 0.6) is 11.5 Å². The zero-order valence-corrected chi connectivity index (χ0v) is 39.3. The van der Waals surface area contributed by atoms with E-state index in [2.05, 4.69) is 0 Å². The number of thioether (sulfide) groups is 2. The molecule has 4 aromatic carbocycles. The number of hydrogen-bond acceptors (Lipinski definition) is 10. The molecule has 0 aliphatic heterocycles. The van der Waals surface area contributed by atoms with Gasteiger partial charge in [-0.2, -0.15) is 0 Å². The molecule has 63 heavy (non-hydrogen) atoms. The van der Waals surface area contributed by atoms with Crippen LogP contribution in [-0.4, -0.2) is 95.2 Å². The monoisotopic (exact) mass is 908 g/mol. The van der Waals surface area contributed by atoms with Gasteiger partial charge in [-0.15, -0.1) is 23.5 Å². The van der Waals surface area contributed by atoms with Gasteiger partial charge >= 0.3 is 23.1 Å². The molecule has 0 radical (unpaired) electrons. The molecule has 0 aliphatic rings. The molecular weight excluding hydrogens is 845 g/mol. The van der Waals surface area contributed by atoms with Crippen LogP contribution in [0, 0.1) is 13.8 Å². The molecule has 0 N–H and O–H groups in total. The van der Waals surface area contributed by atoms with Crippen LogP contribution >= 0.6 is 23.5 Å². The Morgan fingerprint density at radius 1 is 0.571 bits per heavy atom. The summed E-state index contributed by atoms with van der Waals surface area (Å²) in [5, 5.41) is 22.4. The van der Waals surface area contributed by atoms with E-state index in [9.17, 15) is 19.8 Å². The fraction of sp³-hybridized carbons (Fsp3) is 0.320. The van der Waals surface area contributed by atoms with Crippen LogP contribution < -0.4 is 19.7 Å². The van der Waals surface area contributed by atoms with Gasteiger partial charge in [0.1, 0.15) is 36.8 Å². The molecule has 328 valence electrons. The van der Waals surface area contributed by atoms with Gasteiger partial charge in [0.2, 0.25) is 0 Å². The first kappa shape index (κ1) is 39.9. The average molecular weight is 909 g/mol. The summed E-state index contributed by atoms with van der Waals surface area (Å²) < 4.78 is 92.7. The first-order valence-corrected chi connectivity index (χ1v) is 22.3. The Bertz CT molecular complexity index is 2490. The van der Waals surface area contributed by atoms with E-state index in [1.165, 1.54) is 33.4 Å². The summed E-state index contributed by atoms with van der Waals surface area (Å²) in [7, 11) is 0. The van der Waals surface area contributed by atoms with Crippen molar-refractivity contribution in [3.05, 3.63) is 144 Å². The average Bonchev–Trinajstić information content (AvgIpc) is 3.92. The molecule has 2 heterocycles. The number of ether oxygens (including phenoxy) is 4. The van der Waals surface area contributed by atoms with Gasteiger partial charge in [-0.1, -0.05) is 48.5 Å². The molecule has 0 spiro atoms. The Labute approximate surface area is 407 Å². The molecule has 6 rings (SSSR count). The standard InChI is InChI=1S/2C25H29NO4S.Mg/c2*1-4-29-24(25(27)28)17-19-6-10-21(11-7-19)30-16-15-26-18(2)5-14-23(26)20-8-12-22(31-3)13-9-20;/h2*5-14,24H,4,15-17H2,1-3H3,(H,27,28);/q;;+2/p-2/t2*24-;/m00./s1/i2*15D2,16D2;. The Morgan fingerprint density at radius 2 is 0.921 bits per heavy atom. The topological polar surface area (TPSA) is 127 Å². The number of carbonyl (C=O) groups is 2. The number of hydrogen-bond donors (Lipinski definition) is 0. The third kappa shape index (κ3) is 15.3. The van der Waals surface area contributed by atoms with Gasteiger partial charge in [0.15, 0.2) is 0 Å². The van der Waals surface area contributed by atoms with Crippen LogP contribution in [0.4, 0.5) is 0 Å². The van der Waals surface area contributed by atoms with Crippen molar-refractivity contribution < 1.29 is 49.7 Å². The Morgan fingerprint density at radius 3 is 1.22 bits per heavy atom. The van der Waals surface area contributed by atoms with E-state index in [0.717, 1.165) is 20.9 Å². The second-order valence-electron chi connectivity index (χ2n) is 13.7. The van der Waals surface area contributed by atoms with Gasteiger partial charge in [-0.05, 0) is 135 Å². The molecule has 0 saturated heterocycles. The predicted octanol–water partition coefficient (Wildman–Crippen LogP) is 7.54. The van der Waals surface area contributed by atoms with E-state index in [1.54, 1.807) is 99.7 Å². The largest absolute Gasteiger partial charge is 2.00 e. The number of aryl methyl sites for hydroxylation is 2. The van der Waals surface area contributed by atoms with Gasteiger partial charge < -0.3 is 47.9 Å². The van der Waals surface area contributed by atoms with Gasteiger partial charge in [-0.25, -0.2) is 0 Å². The molecule has 0 unspecified atom stereocenters. The Balaban J connectivity index is 0.000000304. The molecule has 10 nitrogen and oxygen atoms in total. The number of nitrogens with zero attached hydrogens (tertiary/aromatic N) is 2. The first-order valence-electron chi connectivity index (χ1n) is 23.9. The molecule has 2 atom stereocenters. The fourth-order valence-corrected chi connectivity index (χ4v) is 7.06. The van der Waals surface area contributed by atoms with Crippen molar-refractivity contribution >= 4 is 58.5 Å². The minimum Gasteiger partial charge on any atom is -0.547 e. The zero-order valence-electron chi connectivity index (χ0n) is 44.2. The molecule has 2 aromatic heterocycles. The van der Waals surface area contributed by atoms with Crippen LogP contribution in [0.3, 0.4) is 0 Å². The second kappa shape index (κ2) is 26.2. The maximum atomic E-state index is 11.2. The van der Waals surface area contributed by atoms with E-state index >= 15 is 0 Å². The zero-order chi connectivity index (χ0) is 51.6. The van der Waals surface area contributed by atoms with Crippen LogP contribution in [0.15, 0.2) is 131 Å². The summed E-state index contributed by atoms with van der Waals surface area (Å²) in [4.78, 5) is 24.6. The SMILES string of the molecule is [2H]C([2H])(Oc1ccc(C[C@H](OCC)C(=O)[O-])cc1)C([2H])([2H])n1c(C)ccc1-c1ccc(SC)cc1.[2H]C([2H])(Oc1ccc(C[C@H](OCC)C(=O)[O-])cc1)C([2H])([2H])n1c(C)ccc1-c1ccc(SC)cc1.[Mg+2]. The molecule has 0 bridgehead atoms. The van der Waals surface area contributed by atoms with Gasteiger partial charge in [0.25, 0.3) is 0 Å². The van der Waals surface area contributed by atoms with Crippen molar-refractivity contribution in [3.8, 4) is 34.0 Å². The van der Waals surface area contributed by atoms with Crippen LogP contribution in [0.1, 0.15) is 47.3 Å². The van der Waals surface area contributed by atoms with Crippen LogP contribution in [0.2, 0.25) is 0 Å². The number of aromatic nitrogens is 2. The van der Waals surface area contributed by atoms with Gasteiger partial charge in [0, 0.05) is 58.6 Å². The number of rotatable bonds is 22. The van der Waals surface area contributed by atoms with E-state index in [4.69, 9.17) is 29.9 Å². The van der Waals surface area contributed by atoms with Crippen molar-refractivity contribution in [1.82, 2.24) is 9.13 Å². The summed E-state index contributed by atoms with van der Waals surface area (Å²) in [6, 6.07) is 34.6. The molecule has 0 fully saturated rings. The van der Waals surface area contributed by atoms with E-state index in [1.807, 2.05) is 61.0 Å². The number of benzene rings is 4. The molecule has 6 aromatic rings. The van der Waals surface area contributed by atoms with Crippen LogP contribution in [0.25, 0.3) is 22.5 Å². The van der Waals surface area contributed by atoms with Gasteiger partial charge in [-0.3, -0.25) is 0 Å². The summed E-state index contributed by atoms with van der Waals surface area (Å²) >= 11 is 3.20. The fourth-order valence-electron chi connectivity index (χ4n) is 6.24. The van der Waals surface area contributed by atoms with E-state index < -0.39 is 50.3 Å². The predicted molar refractivity (Wildman–Crippen MR) is 251 cm³/mol. The quantitative estimate of drug-likeness (QED) is 0.0498. The third-order valence-electron chi connectivity index (χ3n) is 9.53. The first-order chi connectivity index (χ1) is 33.0. The maximum absolute atomic E-state index is 11.2. The summed E-state index contributed by atoms with van der Waals surface area (Å²) in [5.41, 5.74) is 4.96. The molecule has 0 aliphatic carbocycles. The molecule has 13 heteroatoms. The van der Waals surface area contributed by atoms with Crippen molar-refractivity contribution in [2.75, 3.05) is 38.8 Å². The van der Waals surface area contributed by atoms with E-state index in [-0.39, 0.29) is 60.6 Å². The number of aliphatic carboxylic acids is 2.